The topological polar surface area (TPSA) is 81.2 Å². The number of furan rings is 1. The van der Waals surface area contributed by atoms with E-state index in [0.29, 0.717) is 16.9 Å². The van der Waals surface area contributed by atoms with Gasteiger partial charge in [-0.3, -0.25) is 4.79 Å². The van der Waals surface area contributed by atoms with E-state index in [1.807, 2.05) is 30.3 Å². The van der Waals surface area contributed by atoms with Gasteiger partial charge in [-0.1, -0.05) is 30.0 Å². The number of hydrogen-bond donors (Lipinski definition) is 1. The lowest BCUT2D eigenvalue weighted by Crippen LogP contribution is -2.13. The van der Waals surface area contributed by atoms with Crippen molar-refractivity contribution in [3.05, 3.63) is 48.7 Å². The largest absolute Gasteiger partial charge is 0.459 e. The molecule has 1 aromatic carbocycles. The molecule has 1 N–H and O–H groups in total. The summed E-state index contributed by atoms with van der Waals surface area (Å²) in [6.45, 7) is 0. The lowest BCUT2D eigenvalue weighted by Gasteiger charge is -2.02. The van der Waals surface area contributed by atoms with Gasteiger partial charge in [0.1, 0.15) is 0 Å². The number of thioether (sulfide) groups is 1. The zero-order valence-corrected chi connectivity index (χ0v) is 11.7. The molecule has 0 spiro atoms. The molecule has 1 amide bonds. The maximum atomic E-state index is 11.8. The summed E-state index contributed by atoms with van der Waals surface area (Å²) < 4.78 is 10.5. The summed E-state index contributed by atoms with van der Waals surface area (Å²) in [4.78, 5) is 11.8. The average Bonchev–Trinajstić information content (AvgIpc) is 3.17. The van der Waals surface area contributed by atoms with Crippen molar-refractivity contribution in [3.8, 4) is 11.7 Å². The molecule has 2 heterocycles. The fourth-order valence-corrected chi connectivity index (χ4v) is 2.18. The van der Waals surface area contributed by atoms with Crippen molar-refractivity contribution in [1.29, 1.82) is 0 Å². The Labute approximate surface area is 124 Å². The summed E-state index contributed by atoms with van der Waals surface area (Å²) in [5.41, 5.74) is 0.755. The van der Waals surface area contributed by atoms with E-state index in [1.165, 1.54) is 18.0 Å². The van der Waals surface area contributed by atoms with Crippen LogP contribution < -0.4 is 5.32 Å². The summed E-state index contributed by atoms with van der Waals surface area (Å²) in [5.74, 6) is 0.854. The lowest BCUT2D eigenvalue weighted by atomic mass is 10.3. The van der Waals surface area contributed by atoms with E-state index in [9.17, 15) is 4.79 Å². The van der Waals surface area contributed by atoms with Gasteiger partial charge in [0.15, 0.2) is 5.76 Å². The fraction of sp³-hybridized carbons (Fsp3) is 0.0714. The number of benzene rings is 1. The van der Waals surface area contributed by atoms with Crippen molar-refractivity contribution in [2.45, 2.75) is 5.22 Å². The van der Waals surface area contributed by atoms with Crippen molar-refractivity contribution in [2.75, 3.05) is 11.1 Å². The first-order valence-corrected chi connectivity index (χ1v) is 7.15. The Kier molecular flexibility index (Phi) is 4.02. The van der Waals surface area contributed by atoms with Crippen LogP contribution in [-0.4, -0.2) is 21.9 Å². The van der Waals surface area contributed by atoms with Gasteiger partial charge >= 0.3 is 0 Å². The summed E-state index contributed by atoms with van der Waals surface area (Å²) in [7, 11) is 0. The monoisotopic (exact) mass is 301 g/mol. The van der Waals surface area contributed by atoms with Crippen LogP contribution in [0.4, 0.5) is 5.69 Å². The van der Waals surface area contributed by atoms with Gasteiger partial charge in [0.2, 0.25) is 5.91 Å². The van der Waals surface area contributed by atoms with Crippen LogP contribution in [0.25, 0.3) is 11.7 Å². The quantitative estimate of drug-likeness (QED) is 0.729. The van der Waals surface area contributed by atoms with Gasteiger partial charge < -0.3 is 14.2 Å². The van der Waals surface area contributed by atoms with Crippen LogP contribution in [0.2, 0.25) is 0 Å². The molecule has 0 aliphatic carbocycles. The molecular formula is C14H11N3O3S. The number of hydrogen-bond acceptors (Lipinski definition) is 6. The first-order valence-electron chi connectivity index (χ1n) is 6.16. The van der Waals surface area contributed by atoms with Gasteiger partial charge in [-0.05, 0) is 24.3 Å². The number of amides is 1. The molecule has 21 heavy (non-hydrogen) atoms. The second kappa shape index (κ2) is 6.27. The molecule has 0 aliphatic rings. The summed E-state index contributed by atoms with van der Waals surface area (Å²) in [5, 5.41) is 10.8. The summed E-state index contributed by atoms with van der Waals surface area (Å²) in [6.07, 6.45) is 1.53. The predicted molar refractivity (Wildman–Crippen MR) is 77.8 cm³/mol. The number of nitrogens with one attached hydrogen (secondary N) is 1. The first-order chi connectivity index (χ1) is 10.3. The van der Waals surface area contributed by atoms with E-state index in [4.69, 9.17) is 8.83 Å². The van der Waals surface area contributed by atoms with Gasteiger partial charge in [-0.2, -0.15) is 0 Å². The van der Waals surface area contributed by atoms with Crippen LogP contribution in [0, 0.1) is 0 Å². The Morgan fingerprint density at radius 3 is 2.76 bits per heavy atom. The third kappa shape index (κ3) is 3.51. The normalized spacial score (nSPS) is 10.5. The Morgan fingerprint density at radius 1 is 1.14 bits per heavy atom. The highest BCUT2D eigenvalue weighted by Crippen LogP contribution is 2.23. The van der Waals surface area contributed by atoms with Gasteiger partial charge in [0.05, 0.1) is 12.0 Å². The smallest absolute Gasteiger partial charge is 0.284 e. The molecule has 7 heteroatoms. The number of nitrogens with zero attached hydrogens (tertiary/aromatic N) is 2. The molecule has 2 aromatic heterocycles. The van der Waals surface area contributed by atoms with Crippen molar-refractivity contribution in [2.24, 2.45) is 0 Å². The van der Waals surface area contributed by atoms with Crippen molar-refractivity contribution >= 4 is 23.4 Å². The fourth-order valence-electron chi connectivity index (χ4n) is 1.61. The second-order valence-corrected chi connectivity index (χ2v) is 4.98. The molecule has 3 rings (SSSR count). The minimum Gasteiger partial charge on any atom is -0.459 e. The molecule has 6 nitrogen and oxygen atoms in total. The van der Waals surface area contributed by atoms with Crippen molar-refractivity contribution < 1.29 is 13.6 Å². The molecule has 0 atom stereocenters. The molecule has 0 fully saturated rings. The number of anilines is 1. The highest BCUT2D eigenvalue weighted by atomic mass is 32.2. The molecule has 0 radical (unpaired) electrons. The van der Waals surface area contributed by atoms with Gasteiger partial charge in [-0.25, -0.2) is 0 Å². The maximum Gasteiger partial charge on any atom is 0.284 e. The molecular weight excluding hydrogens is 290 g/mol. The maximum absolute atomic E-state index is 11.8. The highest BCUT2D eigenvalue weighted by Gasteiger charge is 2.12. The first kappa shape index (κ1) is 13.4. The van der Waals surface area contributed by atoms with Crippen LogP contribution in [0.5, 0.6) is 0 Å². The highest BCUT2D eigenvalue weighted by molar-refractivity contribution is 7.99. The third-order valence-electron chi connectivity index (χ3n) is 2.52. The molecule has 106 valence electrons. The third-order valence-corrected chi connectivity index (χ3v) is 3.34. The molecule has 0 unspecified atom stereocenters. The van der Waals surface area contributed by atoms with Crippen LogP contribution >= 0.6 is 11.8 Å². The van der Waals surface area contributed by atoms with E-state index >= 15 is 0 Å². The number of carbonyl (C=O) groups is 1. The minimum absolute atomic E-state index is 0.135. The molecule has 0 saturated heterocycles. The summed E-state index contributed by atoms with van der Waals surface area (Å²) in [6, 6.07) is 12.7. The Bertz CT molecular complexity index is 710. The number of para-hydroxylation sites is 1. The minimum atomic E-state index is -0.135. The molecule has 0 bridgehead atoms. The van der Waals surface area contributed by atoms with Crippen molar-refractivity contribution in [3.63, 3.8) is 0 Å². The SMILES string of the molecule is O=C(CSc1nnc(-c2ccco2)o1)Nc1ccccc1. The number of carbonyl (C=O) groups excluding carboxylic acids is 1. The second-order valence-electron chi connectivity index (χ2n) is 4.05. The van der Waals surface area contributed by atoms with Crippen LogP contribution in [0.15, 0.2) is 62.8 Å². The predicted octanol–water partition coefficient (Wildman–Crippen LogP) is 3.06. The average molecular weight is 301 g/mol. The van der Waals surface area contributed by atoms with E-state index < -0.39 is 0 Å². The number of aromatic nitrogens is 2. The Hall–Kier alpha value is -2.54. The zero-order valence-electron chi connectivity index (χ0n) is 10.9. The molecule has 0 saturated carbocycles. The van der Waals surface area contributed by atoms with Crippen LogP contribution in [0.1, 0.15) is 0 Å². The molecule has 3 aromatic rings. The van der Waals surface area contributed by atoms with Gasteiger partial charge in [-0.15, -0.1) is 10.2 Å². The molecule has 0 aliphatic heterocycles. The Balaban J connectivity index is 1.54. The Morgan fingerprint density at radius 2 is 2.00 bits per heavy atom. The van der Waals surface area contributed by atoms with Crippen LogP contribution in [-0.2, 0) is 4.79 Å². The van der Waals surface area contributed by atoms with E-state index in [-0.39, 0.29) is 11.7 Å². The zero-order chi connectivity index (χ0) is 14.5. The number of rotatable bonds is 5. The van der Waals surface area contributed by atoms with Crippen molar-refractivity contribution in [1.82, 2.24) is 10.2 Å². The summed E-state index contributed by atoms with van der Waals surface area (Å²) >= 11 is 1.17. The van der Waals surface area contributed by atoms with E-state index in [2.05, 4.69) is 15.5 Å². The van der Waals surface area contributed by atoms with Gasteiger partial charge in [0.25, 0.3) is 11.1 Å². The van der Waals surface area contributed by atoms with Gasteiger partial charge in [0, 0.05) is 5.69 Å². The van der Waals surface area contributed by atoms with Crippen LogP contribution in [0.3, 0.4) is 0 Å². The lowest BCUT2D eigenvalue weighted by molar-refractivity contribution is -0.113. The van der Waals surface area contributed by atoms with E-state index in [0.717, 1.165) is 5.69 Å². The standard InChI is InChI=1S/C14H11N3O3S/c18-12(15-10-5-2-1-3-6-10)9-21-14-17-16-13(20-14)11-7-4-8-19-11/h1-8H,9H2,(H,15,18). The van der Waals surface area contributed by atoms with E-state index in [1.54, 1.807) is 12.1 Å².